The van der Waals surface area contributed by atoms with Crippen LogP contribution in [0.2, 0.25) is 5.02 Å². The fourth-order valence-corrected chi connectivity index (χ4v) is 2.23. The molecule has 0 aliphatic rings. The standard InChI is InChI=1S/C14H13ClS/c1-10-3-8-13(16-2)9-14(10)11-4-6-12(15)7-5-11/h3-9H,1-2H3. The summed E-state index contributed by atoms with van der Waals surface area (Å²) in [5.41, 5.74) is 3.79. The molecule has 0 spiro atoms. The molecule has 0 nitrogen and oxygen atoms in total. The summed E-state index contributed by atoms with van der Waals surface area (Å²) in [6.45, 7) is 2.13. The Morgan fingerprint density at radius 1 is 1.00 bits per heavy atom. The van der Waals surface area contributed by atoms with Gasteiger partial charge in [0.15, 0.2) is 0 Å². The zero-order valence-electron chi connectivity index (χ0n) is 9.33. The number of thioether (sulfide) groups is 1. The summed E-state index contributed by atoms with van der Waals surface area (Å²) in [5.74, 6) is 0. The first-order chi connectivity index (χ1) is 7.70. The van der Waals surface area contributed by atoms with Gasteiger partial charge in [0.2, 0.25) is 0 Å². The van der Waals surface area contributed by atoms with Crippen molar-refractivity contribution in [3.05, 3.63) is 53.1 Å². The molecule has 0 radical (unpaired) electrons. The van der Waals surface area contributed by atoms with Crippen molar-refractivity contribution in [1.29, 1.82) is 0 Å². The van der Waals surface area contributed by atoms with Gasteiger partial charge in [0, 0.05) is 9.92 Å². The van der Waals surface area contributed by atoms with E-state index in [1.807, 2.05) is 12.1 Å². The molecule has 0 saturated heterocycles. The molecule has 0 N–H and O–H groups in total. The predicted octanol–water partition coefficient (Wildman–Crippen LogP) is 5.04. The zero-order chi connectivity index (χ0) is 11.5. The highest BCUT2D eigenvalue weighted by molar-refractivity contribution is 7.98. The van der Waals surface area contributed by atoms with Crippen LogP contribution in [-0.4, -0.2) is 6.26 Å². The number of rotatable bonds is 2. The van der Waals surface area contributed by atoms with Gasteiger partial charge >= 0.3 is 0 Å². The van der Waals surface area contributed by atoms with E-state index in [4.69, 9.17) is 11.6 Å². The second-order valence-electron chi connectivity index (χ2n) is 3.69. The van der Waals surface area contributed by atoms with Crippen molar-refractivity contribution in [3.63, 3.8) is 0 Å². The summed E-state index contributed by atoms with van der Waals surface area (Å²) < 4.78 is 0. The molecule has 0 amide bonds. The van der Waals surface area contributed by atoms with Crippen molar-refractivity contribution < 1.29 is 0 Å². The van der Waals surface area contributed by atoms with Gasteiger partial charge in [-0.25, -0.2) is 0 Å². The average molecular weight is 249 g/mol. The van der Waals surface area contributed by atoms with E-state index in [1.54, 1.807) is 11.8 Å². The third kappa shape index (κ3) is 2.42. The predicted molar refractivity (Wildman–Crippen MR) is 73.4 cm³/mol. The van der Waals surface area contributed by atoms with Crippen LogP contribution in [0.4, 0.5) is 0 Å². The Morgan fingerprint density at radius 2 is 1.69 bits per heavy atom. The second kappa shape index (κ2) is 4.94. The minimum Gasteiger partial charge on any atom is -0.130 e. The Balaban J connectivity index is 2.50. The smallest absolute Gasteiger partial charge is 0.0406 e. The molecule has 82 valence electrons. The minimum absolute atomic E-state index is 0.780. The lowest BCUT2D eigenvalue weighted by atomic mass is 10.0. The molecule has 0 unspecified atom stereocenters. The number of halogens is 1. The van der Waals surface area contributed by atoms with Gasteiger partial charge in [-0.15, -0.1) is 11.8 Å². The normalized spacial score (nSPS) is 10.4. The van der Waals surface area contributed by atoms with E-state index < -0.39 is 0 Å². The van der Waals surface area contributed by atoms with Crippen molar-refractivity contribution in [2.24, 2.45) is 0 Å². The Kier molecular flexibility index (Phi) is 3.57. The van der Waals surface area contributed by atoms with Gasteiger partial charge in [0.1, 0.15) is 0 Å². The molecule has 0 aromatic heterocycles. The zero-order valence-corrected chi connectivity index (χ0v) is 10.9. The number of benzene rings is 2. The third-order valence-corrected chi connectivity index (χ3v) is 3.58. The van der Waals surface area contributed by atoms with Crippen LogP contribution in [0.1, 0.15) is 5.56 Å². The minimum atomic E-state index is 0.780. The number of aryl methyl sites for hydroxylation is 1. The molecule has 2 heteroatoms. The molecule has 0 aliphatic carbocycles. The first-order valence-corrected chi connectivity index (χ1v) is 6.71. The van der Waals surface area contributed by atoms with Gasteiger partial charge < -0.3 is 0 Å². The van der Waals surface area contributed by atoms with Crippen LogP contribution in [0.3, 0.4) is 0 Å². The van der Waals surface area contributed by atoms with Gasteiger partial charge in [-0.2, -0.15) is 0 Å². The van der Waals surface area contributed by atoms with E-state index >= 15 is 0 Å². The molecule has 0 bridgehead atoms. The van der Waals surface area contributed by atoms with Crippen molar-refractivity contribution in [2.45, 2.75) is 11.8 Å². The highest BCUT2D eigenvalue weighted by atomic mass is 35.5. The Bertz CT molecular complexity index is 489. The summed E-state index contributed by atoms with van der Waals surface area (Å²) in [5, 5.41) is 0.780. The van der Waals surface area contributed by atoms with E-state index in [2.05, 4.69) is 43.5 Å². The lowest BCUT2D eigenvalue weighted by Crippen LogP contribution is -1.83. The maximum atomic E-state index is 5.89. The van der Waals surface area contributed by atoms with Crippen molar-refractivity contribution in [1.82, 2.24) is 0 Å². The van der Waals surface area contributed by atoms with Crippen LogP contribution < -0.4 is 0 Å². The summed E-state index contributed by atoms with van der Waals surface area (Å²) in [6.07, 6.45) is 2.09. The lowest BCUT2D eigenvalue weighted by Gasteiger charge is -2.08. The highest BCUT2D eigenvalue weighted by Gasteiger charge is 2.03. The van der Waals surface area contributed by atoms with Crippen LogP contribution in [0.25, 0.3) is 11.1 Å². The molecule has 0 atom stereocenters. The van der Waals surface area contributed by atoms with E-state index in [1.165, 1.54) is 21.6 Å². The second-order valence-corrected chi connectivity index (χ2v) is 5.00. The summed E-state index contributed by atoms with van der Waals surface area (Å²) in [7, 11) is 0. The summed E-state index contributed by atoms with van der Waals surface area (Å²) in [4.78, 5) is 1.29. The van der Waals surface area contributed by atoms with Crippen LogP contribution in [0, 0.1) is 6.92 Å². The lowest BCUT2D eigenvalue weighted by molar-refractivity contribution is 1.37. The Morgan fingerprint density at radius 3 is 2.31 bits per heavy atom. The number of hydrogen-bond donors (Lipinski definition) is 0. The maximum absolute atomic E-state index is 5.89. The fourth-order valence-electron chi connectivity index (χ4n) is 1.67. The molecule has 2 aromatic carbocycles. The topological polar surface area (TPSA) is 0 Å². The average Bonchev–Trinajstić information content (AvgIpc) is 2.31. The van der Waals surface area contributed by atoms with E-state index in [9.17, 15) is 0 Å². The van der Waals surface area contributed by atoms with Gasteiger partial charge in [-0.3, -0.25) is 0 Å². The molecular weight excluding hydrogens is 236 g/mol. The summed E-state index contributed by atoms with van der Waals surface area (Å²) >= 11 is 7.66. The van der Waals surface area contributed by atoms with Gasteiger partial charge in [-0.05, 0) is 54.1 Å². The molecule has 0 heterocycles. The molecule has 16 heavy (non-hydrogen) atoms. The van der Waals surface area contributed by atoms with Crippen molar-refractivity contribution in [3.8, 4) is 11.1 Å². The van der Waals surface area contributed by atoms with Gasteiger partial charge in [0.25, 0.3) is 0 Å². The van der Waals surface area contributed by atoms with E-state index in [-0.39, 0.29) is 0 Å². The fraction of sp³-hybridized carbons (Fsp3) is 0.143. The Labute approximate surface area is 106 Å². The van der Waals surface area contributed by atoms with Gasteiger partial charge in [0.05, 0.1) is 0 Å². The van der Waals surface area contributed by atoms with Crippen molar-refractivity contribution >= 4 is 23.4 Å². The molecule has 0 fully saturated rings. The SMILES string of the molecule is CSc1ccc(C)c(-c2ccc(Cl)cc2)c1. The quantitative estimate of drug-likeness (QED) is 0.671. The van der Waals surface area contributed by atoms with Gasteiger partial charge in [-0.1, -0.05) is 29.8 Å². The van der Waals surface area contributed by atoms with Crippen LogP contribution in [-0.2, 0) is 0 Å². The number of hydrogen-bond acceptors (Lipinski definition) is 1. The molecule has 2 aromatic rings. The van der Waals surface area contributed by atoms with Crippen LogP contribution in [0.15, 0.2) is 47.4 Å². The van der Waals surface area contributed by atoms with Crippen molar-refractivity contribution in [2.75, 3.05) is 6.26 Å². The largest absolute Gasteiger partial charge is 0.130 e. The maximum Gasteiger partial charge on any atom is 0.0406 e. The van der Waals surface area contributed by atoms with Crippen LogP contribution in [0.5, 0.6) is 0 Å². The molecular formula is C14H13ClS. The van der Waals surface area contributed by atoms with Crippen LogP contribution >= 0.6 is 23.4 Å². The summed E-state index contributed by atoms with van der Waals surface area (Å²) in [6, 6.07) is 14.5. The van der Waals surface area contributed by atoms with E-state index in [0.29, 0.717) is 0 Å². The molecule has 0 saturated carbocycles. The first kappa shape index (κ1) is 11.6. The molecule has 2 rings (SSSR count). The highest BCUT2D eigenvalue weighted by Crippen LogP contribution is 2.28. The third-order valence-electron chi connectivity index (χ3n) is 2.60. The monoisotopic (exact) mass is 248 g/mol. The molecule has 0 aliphatic heterocycles. The van der Waals surface area contributed by atoms with E-state index in [0.717, 1.165) is 5.02 Å². The Hall–Kier alpha value is -0.920. The first-order valence-electron chi connectivity index (χ1n) is 5.11.